The van der Waals surface area contributed by atoms with E-state index in [9.17, 15) is 13.2 Å². The second-order valence-electron chi connectivity index (χ2n) is 6.05. The Morgan fingerprint density at radius 2 is 1.83 bits per heavy atom. The van der Waals surface area contributed by atoms with Crippen molar-refractivity contribution in [1.82, 2.24) is 14.9 Å². The first-order valence-corrected chi connectivity index (χ1v) is 10.5. The molecule has 1 atom stereocenters. The normalized spacial score (nSPS) is 12.5. The number of carbonyl (C=O) groups is 1. The summed E-state index contributed by atoms with van der Waals surface area (Å²) < 4.78 is 37.4. The molecule has 2 aromatic carbocycles. The molecule has 0 fully saturated rings. The third kappa shape index (κ3) is 5.63. The standard InChI is InChI=1S/C19H18ClN3O5S/c1-13(18-22-23-19(28-18)14-5-3-2-4-6-14)27-17(24)11-12-21-29(25,26)16-9-7-15(20)8-10-16/h2-10,13,21H,11-12H2,1H3/t13-/m1/s1. The van der Waals surface area contributed by atoms with E-state index >= 15 is 0 Å². The molecule has 0 radical (unpaired) electrons. The highest BCUT2D eigenvalue weighted by atomic mass is 35.5. The molecule has 152 valence electrons. The number of sulfonamides is 1. The van der Waals surface area contributed by atoms with Crippen LogP contribution in [0.4, 0.5) is 0 Å². The molecule has 3 rings (SSSR count). The molecule has 1 N–H and O–H groups in total. The number of benzene rings is 2. The summed E-state index contributed by atoms with van der Waals surface area (Å²) in [6.45, 7) is 1.48. The van der Waals surface area contributed by atoms with Crippen molar-refractivity contribution in [3.05, 3.63) is 65.5 Å². The number of hydrogen-bond donors (Lipinski definition) is 1. The van der Waals surface area contributed by atoms with E-state index in [-0.39, 0.29) is 23.8 Å². The molecule has 0 saturated carbocycles. The molecular weight excluding hydrogens is 418 g/mol. The molecule has 1 aromatic heterocycles. The summed E-state index contributed by atoms with van der Waals surface area (Å²) in [5.41, 5.74) is 0.751. The van der Waals surface area contributed by atoms with Gasteiger partial charge in [0.15, 0.2) is 6.10 Å². The lowest BCUT2D eigenvalue weighted by Crippen LogP contribution is -2.27. The monoisotopic (exact) mass is 435 g/mol. The maximum absolute atomic E-state index is 12.2. The van der Waals surface area contributed by atoms with E-state index < -0.39 is 22.1 Å². The van der Waals surface area contributed by atoms with Crippen molar-refractivity contribution in [1.29, 1.82) is 0 Å². The second kappa shape index (κ2) is 9.17. The highest BCUT2D eigenvalue weighted by molar-refractivity contribution is 7.89. The van der Waals surface area contributed by atoms with Crippen LogP contribution in [0.1, 0.15) is 25.3 Å². The van der Waals surface area contributed by atoms with Crippen molar-refractivity contribution in [2.75, 3.05) is 6.54 Å². The highest BCUT2D eigenvalue weighted by Crippen LogP contribution is 2.22. The second-order valence-corrected chi connectivity index (χ2v) is 8.25. The summed E-state index contributed by atoms with van der Waals surface area (Å²) in [6, 6.07) is 14.9. The quantitative estimate of drug-likeness (QED) is 0.540. The third-order valence-corrected chi connectivity index (χ3v) is 5.59. The van der Waals surface area contributed by atoms with E-state index in [1.807, 2.05) is 30.3 Å². The van der Waals surface area contributed by atoms with Gasteiger partial charge in [-0.1, -0.05) is 29.8 Å². The average Bonchev–Trinajstić information content (AvgIpc) is 3.19. The lowest BCUT2D eigenvalue weighted by atomic mass is 10.2. The van der Waals surface area contributed by atoms with Gasteiger partial charge in [0.25, 0.3) is 5.89 Å². The summed E-state index contributed by atoms with van der Waals surface area (Å²) in [5.74, 6) is -0.131. The molecule has 0 saturated heterocycles. The van der Waals surface area contributed by atoms with Crippen LogP contribution >= 0.6 is 11.6 Å². The zero-order chi connectivity index (χ0) is 20.9. The fourth-order valence-corrected chi connectivity index (χ4v) is 3.55. The van der Waals surface area contributed by atoms with Crippen LogP contribution in [0.2, 0.25) is 5.02 Å². The van der Waals surface area contributed by atoms with Crippen LogP contribution in [-0.4, -0.2) is 31.1 Å². The first-order chi connectivity index (χ1) is 13.8. The molecule has 0 bridgehead atoms. The van der Waals surface area contributed by atoms with E-state index in [1.165, 1.54) is 24.3 Å². The van der Waals surface area contributed by atoms with E-state index in [0.717, 1.165) is 5.56 Å². The number of esters is 1. The average molecular weight is 436 g/mol. The van der Waals surface area contributed by atoms with Crippen LogP contribution in [-0.2, 0) is 19.6 Å². The van der Waals surface area contributed by atoms with E-state index in [2.05, 4.69) is 14.9 Å². The maximum Gasteiger partial charge on any atom is 0.307 e. The first kappa shape index (κ1) is 21.0. The molecule has 0 unspecified atom stereocenters. The van der Waals surface area contributed by atoms with Gasteiger partial charge in [-0.3, -0.25) is 4.79 Å². The van der Waals surface area contributed by atoms with Crippen LogP contribution in [0.5, 0.6) is 0 Å². The molecule has 8 nitrogen and oxygen atoms in total. The van der Waals surface area contributed by atoms with Crippen LogP contribution in [0, 0.1) is 0 Å². The Balaban J connectivity index is 1.50. The lowest BCUT2D eigenvalue weighted by molar-refractivity contribution is -0.149. The Bertz CT molecular complexity index is 1070. The van der Waals surface area contributed by atoms with Crippen molar-refractivity contribution in [2.45, 2.75) is 24.3 Å². The Hall–Kier alpha value is -2.75. The van der Waals surface area contributed by atoms with Gasteiger partial charge in [-0.15, -0.1) is 10.2 Å². The molecule has 0 spiro atoms. The predicted octanol–water partition coefficient (Wildman–Crippen LogP) is 3.36. The number of aromatic nitrogens is 2. The Labute approximate surface area is 172 Å². The van der Waals surface area contributed by atoms with Gasteiger partial charge >= 0.3 is 5.97 Å². The molecule has 0 amide bonds. The van der Waals surface area contributed by atoms with Gasteiger partial charge in [0.05, 0.1) is 11.3 Å². The Morgan fingerprint density at radius 3 is 2.52 bits per heavy atom. The van der Waals surface area contributed by atoms with Crippen LogP contribution in [0.25, 0.3) is 11.5 Å². The zero-order valence-corrected chi connectivity index (χ0v) is 17.0. The third-order valence-electron chi connectivity index (χ3n) is 3.86. The van der Waals surface area contributed by atoms with Gasteiger partial charge in [-0.25, -0.2) is 13.1 Å². The van der Waals surface area contributed by atoms with Crippen molar-refractivity contribution >= 4 is 27.6 Å². The first-order valence-electron chi connectivity index (χ1n) is 8.69. The predicted molar refractivity (Wildman–Crippen MR) is 105 cm³/mol. The van der Waals surface area contributed by atoms with Gasteiger partial charge < -0.3 is 9.15 Å². The van der Waals surface area contributed by atoms with E-state index in [0.29, 0.717) is 10.9 Å². The Kier molecular flexibility index (Phi) is 6.63. The molecular formula is C19H18ClN3O5S. The van der Waals surface area contributed by atoms with Gasteiger partial charge in [-0.2, -0.15) is 0 Å². The zero-order valence-electron chi connectivity index (χ0n) is 15.4. The number of ether oxygens (including phenoxy) is 1. The largest absolute Gasteiger partial charge is 0.453 e. The van der Waals surface area contributed by atoms with Crippen molar-refractivity contribution in [3.63, 3.8) is 0 Å². The highest BCUT2D eigenvalue weighted by Gasteiger charge is 2.20. The topological polar surface area (TPSA) is 111 Å². The van der Waals surface area contributed by atoms with Gasteiger partial charge in [0.2, 0.25) is 15.9 Å². The fraction of sp³-hybridized carbons (Fsp3) is 0.211. The molecule has 1 heterocycles. The Morgan fingerprint density at radius 1 is 1.14 bits per heavy atom. The summed E-state index contributed by atoms with van der Waals surface area (Å²) in [7, 11) is -3.74. The minimum Gasteiger partial charge on any atom is -0.453 e. The van der Waals surface area contributed by atoms with E-state index in [4.69, 9.17) is 20.8 Å². The summed E-state index contributed by atoms with van der Waals surface area (Å²) in [4.78, 5) is 12.1. The van der Waals surface area contributed by atoms with E-state index in [1.54, 1.807) is 6.92 Å². The SMILES string of the molecule is C[C@@H](OC(=O)CCNS(=O)(=O)c1ccc(Cl)cc1)c1nnc(-c2ccccc2)o1. The van der Waals surface area contributed by atoms with Gasteiger partial charge in [-0.05, 0) is 43.3 Å². The fourth-order valence-electron chi connectivity index (χ4n) is 2.39. The van der Waals surface area contributed by atoms with Gasteiger partial charge in [0, 0.05) is 17.1 Å². The summed E-state index contributed by atoms with van der Waals surface area (Å²) in [5, 5.41) is 8.26. The number of rotatable bonds is 8. The van der Waals surface area contributed by atoms with Crippen LogP contribution in [0.15, 0.2) is 63.9 Å². The lowest BCUT2D eigenvalue weighted by Gasteiger charge is -2.10. The van der Waals surface area contributed by atoms with Crippen molar-refractivity contribution < 1.29 is 22.4 Å². The van der Waals surface area contributed by atoms with Crippen molar-refractivity contribution in [2.24, 2.45) is 0 Å². The minimum atomic E-state index is -3.74. The van der Waals surface area contributed by atoms with Crippen LogP contribution in [0.3, 0.4) is 0 Å². The molecule has 10 heteroatoms. The van der Waals surface area contributed by atoms with Crippen molar-refractivity contribution in [3.8, 4) is 11.5 Å². The molecule has 0 aliphatic rings. The summed E-state index contributed by atoms with van der Waals surface area (Å²) >= 11 is 5.75. The molecule has 0 aliphatic carbocycles. The van der Waals surface area contributed by atoms with Crippen LogP contribution < -0.4 is 4.72 Å². The number of carbonyl (C=O) groups excluding carboxylic acids is 1. The summed E-state index contributed by atoms with van der Waals surface area (Å²) in [6.07, 6.45) is -0.919. The smallest absolute Gasteiger partial charge is 0.307 e. The number of nitrogens with zero attached hydrogens (tertiary/aromatic N) is 2. The molecule has 3 aromatic rings. The molecule has 29 heavy (non-hydrogen) atoms. The van der Waals surface area contributed by atoms with Gasteiger partial charge in [0.1, 0.15) is 0 Å². The number of nitrogens with one attached hydrogen (secondary N) is 1. The minimum absolute atomic E-state index is 0.0583. The number of hydrogen-bond acceptors (Lipinski definition) is 7. The number of halogens is 1. The molecule has 0 aliphatic heterocycles. The maximum atomic E-state index is 12.2.